The minimum absolute atomic E-state index is 0.212. The molecule has 0 spiro atoms. The highest BCUT2D eigenvalue weighted by Crippen LogP contribution is 2.45. The van der Waals surface area contributed by atoms with Crippen molar-refractivity contribution in [3.8, 4) is 0 Å². The number of hydrogen-bond donors (Lipinski definition) is 2. The predicted octanol–water partition coefficient (Wildman–Crippen LogP) is 3.03. The van der Waals surface area contributed by atoms with Crippen molar-refractivity contribution in [2.45, 2.75) is 76.3 Å². The van der Waals surface area contributed by atoms with E-state index in [0.29, 0.717) is 19.5 Å². The molecule has 0 bridgehead atoms. The third-order valence-corrected chi connectivity index (χ3v) is 5.26. The molecule has 0 radical (unpaired) electrons. The van der Waals surface area contributed by atoms with Crippen LogP contribution in [0.15, 0.2) is 0 Å². The molecule has 0 fully saturated rings. The van der Waals surface area contributed by atoms with Gasteiger partial charge in [0.2, 0.25) is 0 Å². The minimum atomic E-state index is -1.26. The zero-order chi connectivity index (χ0) is 19.2. The van der Waals surface area contributed by atoms with Gasteiger partial charge in [0.1, 0.15) is 0 Å². The van der Waals surface area contributed by atoms with E-state index in [2.05, 4.69) is 6.92 Å². The molecule has 0 aliphatic rings. The van der Waals surface area contributed by atoms with Crippen molar-refractivity contribution in [2.75, 3.05) is 41.5 Å². The van der Waals surface area contributed by atoms with Gasteiger partial charge in [0, 0.05) is 28.4 Å². The maximum Gasteiger partial charge on any atom is 0.313 e. The first kappa shape index (κ1) is 24.8. The third kappa shape index (κ3) is 6.45. The van der Waals surface area contributed by atoms with Crippen molar-refractivity contribution < 1.29 is 18.9 Å². The van der Waals surface area contributed by atoms with Crippen LogP contribution in [0.25, 0.3) is 0 Å². The molecule has 2 unspecified atom stereocenters. The van der Waals surface area contributed by atoms with Gasteiger partial charge in [-0.05, 0) is 51.1 Å². The van der Waals surface area contributed by atoms with Crippen LogP contribution in [0.3, 0.4) is 0 Å². The van der Waals surface area contributed by atoms with Gasteiger partial charge < -0.3 is 30.4 Å². The van der Waals surface area contributed by atoms with Gasteiger partial charge in [0.25, 0.3) is 0 Å². The summed E-state index contributed by atoms with van der Waals surface area (Å²) in [5.74, 6) is -1.05. The summed E-state index contributed by atoms with van der Waals surface area (Å²) in [5.41, 5.74) is 10.9. The molecule has 0 aliphatic heterocycles. The minimum Gasteiger partial charge on any atom is -0.369 e. The molecule has 0 saturated carbocycles. The van der Waals surface area contributed by atoms with E-state index in [4.69, 9.17) is 30.4 Å². The monoisotopic (exact) mass is 362 g/mol. The maximum atomic E-state index is 6.12. The molecule has 0 rings (SSSR count). The lowest BCUT2D eigenvalue weighted by atomic mass is 9.75. The average molecular weight is 363 g/mol. The van der Waals surface area contributed by atoms with Gasteiger partial charge in [0.05, 0.1) is 0 Å². The van der Waals surface area contributed by atoms with Crippen molar-refractivity contribution in [3.63, 3.8) is 0 Å². The summed E-state index contributed by atoms with van der Waals surface area (Å²) in [5, 5.41) is 0. The summed E-state index contributed by atoms with van der Waals surface area (Å²) < 4.78 is 23.3. The molecule has 2 atom stereocenters. The molecule has 0 aromatic rings. The second-order valence-corrected chi connectivity index (χ2v) is 6.63. The van der Waals surface area contributed by atoms with Crippen LogP contribution in [0.2, 0.25) is 0 Å². The number of unbranched alkanes of at least 4 members (excludes halogenated alkanes) is 3. The summed E-state index contributed by atoms with van der Waals surface area (Å²) >= 11 is 0. The zero-order valence-corrected chi connectivity index (χ0v) is 17.1. The third-order valence-electron chi connectivity index (χ3n) is 5.26. The lowest BCUT2D eigenvalue weighted by Gasteiger charge is -2.50. The van der Waals surface area contributed by atoms with Crippen LogP contribution in [0.5, 0.6) is 0 Å². The van der Waals surface area contributed by atoms with Crippen LogP contribution in [-0.4, -0.2) is 53.1 Å². The second kappa shape index (κ2) is 13.9. The van der Waals surface area contributed by atoms with Gasteiger partial charge in [-0.25, -0.2) is 0 Å². The largest absolute Gasteiger partial charge is 0.369 e. The van der Waals surface area contributed by atoms with E-state index >= 15 is 0 Å². The molecule has 0 aliphatic carbocycles. The average Bonchev–Trinajstić information content (AvgIpc) is 2.65. The van der Waals surface area contributed by atoms with E-state index in [9.17, 15) is 0 Å². The van der Waals surface area contributed by atoms with Gasteiger partial charge in [-0.2, -0.15) is 0 Å². The summed E-state index contributed by atoms with van der Waals surface area (Å²) in [6.07, 6.45) is 9.23. The first-order valence-corrected chi connectivity index (χ1v) is 9.68. The van der Waals surface area contributed by atoms with Crippen molar-refractivity contribution in [3.05, 3.63) is 0 Å². The van der Waals surface area contributed by atoms with E-state index in [1.165, 1.54) is 19.3 Å². The summed E-state index contributed by atoms with van der Waals surface area (Å²) in [7, 11) is 6.50. The maximum absolute atomic E-state index is 6.12. The van der Waals surface area contributed by atoms with Crippen LogP contribution in [-0.2, 0) is 18.9 Å². The van der Waals surface area contributed by atoms with Crippen molar-refractivity contribution in [1.29, 1.82) is 0 Å². The number of hydrogen-bond acceptors (Lipinski definition) is 6. The molecule has 0 aromatic carbocycles. The molecule has 0 heterocycles. The second-order valence-electron chi connectivity index (χ2n) is 6.63. The van der Waals surface area contributed by atoms with E-state index < -0.39 is 11.6 Å². The molecule has 25 heavy (non-hydrogen) atoms. The van der Waals surface area contributed by atoms with Crippen molar-refractivity contribution in [1.82, 2.24) is 0 Å². The van der Waals surface area contributed by atoms with E-state index in [1.54, 1.807) is 28.4 Å². The summed E-state index contributed by atoms with van der Waals surface area (Å²) in [6, 6.07) is 0. The lowest BCUT2D eigenvalue weighted by Crippen LogP contribution is -2.63. The Labute approximate surface area is 154 Å². The van der Waals surface area contributed by atoms with Crippen LogP contribution >= 0.6 is 0 Å². The van der Waals surface area contributed by atoms with Gasteiger partial charge in [-0.1, -0.05) is 32.6 Å². The molecule has 0 aromatic heterocycles. The van der Waals surface area contributed by atoms with Crippen molar-refractivity contribution in [2.24, 2.45) is 17.4 Å². The number of methoxy groups -OCH3 is 4. The summed E-state index contributed by atoms with van der Waals surface area (Å²) in [4.78, 5) is 0. The van der Waals surface area contributed by atoms with Gasteiger partial charge >= 0.3 is 5.97 Å². The first-order chi connectivity index (χ1) is 12.1. The molecule has 0 amide bonds. The first-order valence-electron chi connectivity index (χ1n) is 9.68. The van der Waals surface area contributed by atoms with Crippen LogP contribution < -0.4 is 11.5 Å². The molecule has 6 heteroatoms. The van der Waals surface area contributed by atoms with Gasteiger partial charge in [-0.15, -0.1) is 0 Å². The molecular weight excluding hydrogens is 320 g/mol. The molecule has 0 saturated heterocycles. The van der Waals surface area contributed by atoms with E-state index in [-0.39, 0.29) is 5.92 Å². The standard InChI is InChI=1S/C19H42N2O4/c1-6-7-8-9-12-17(13-10-15-20)18(22-2,14-11-16-21)19(23-3,24-4)25-5/h17H,6-16,20-21H2,1-5H3. The van der Waals surface area contributed by atoms with Gasteiger partial charge in [0.15, 0.2) is 5.60 Å². The zero-order valence-electron chi connectivity index (χ0n) is 17.1. The SMILES string of the molecule is CCCCCCC(CCCN)C(CCCN)(OC)C(OC)(OC)OC. The Hall–Kier alpha value is -0.240. The smallest absolute Gasteiger partial charge is 0.313 e. The van der Waals surface area contributed by atoms with E-state index in [0.717, 1.165) is 32.1 Å². The van der Waals surface area contributed by atoms with Crippen LogP contribution in [0.1, 0.15) is 64.7 Å². The summed E-state index contributed by atoms with van der Waals surface area (Å²) in [6.45, 7) is 3.46. The highest BCUT2D eigenvalue weighted by molar-refractivity contribution is 4.97. The number of nitrogens with two attached hydrogens (primary N) is 2. The number of ether oxygens (including phenoxy) is 4. The Bertz CT molecular complexity index is 306. The Morgan fingerprint density at radius 1 is 0.720 bits per heavy atom. The lowest BCUT2D eigenvalue weighted by molar-refractivity contribution is -0.434. The van der Waals surface area contributed by atoms with E-state index in [1.807, 2.05) is 0 Å². The molecule has 6 nitrogen and oxygen atoms in total. The highest BCUT2D eigenvalue weighted by atomic mass is 16.9. The predicted molar refractivity (Wildman–Crippen MR) is 102 cm³/mol. The molecule has 4 N–H and O–H groups in total. The quantitative estimate of drug-likeness (QED) is 0.305. The van der Waals surface area contributed by atoms with Crippen molar-refractivity contribution >= 4 is 0 Å². The van der Waals surface area contributed by atoms with Crippen LogP contribution in [0.4, 0.5) is 0 Å². The number of rotatable bonds is 17. The molecule has 152 valence electrons. The topological polar surface area (TPSA) is 89.0 Å². The normalized spacial score (nSPS) is 16.0. The fourth-order valence-corrected chi connectivity index (χ4v) is 3.93. The highest BCUT2D eigenvalue weighted by Gasteiger charge is 2.58. The van der Waals surface area contributed by atoms with Gasteiger partial charge in [-0.3, -0.25) is 0 Å². The fourth-order valence-electron chi connectivity index (χ4n) is 3.93. The van der Waals surface area contributed by atoms with Crippen LogP contribution in [0, 0.1) is 5.92 Å². The molecular formula is C19H42N2O4. The Balaban J connectivity index is 5.68. The Kier molecular flexibility index (Phi) is 13.8. The fraction of sp³-hybridized carbons (Fsp3) is 1.00. The Morgan fingerprint density at radius 3 is 1.72 bits per heavy atom. The Morgan fingerprint density at radius 2 is 1.28 bits per heavy atom.